The summed E-state index contributed by atoms with van der Waals surface area (Å²) < 4.78 is 0. The van der Waals surface area contributed by atoms with Gasteiger partial charge in [-0.3, -0.25) is 0 Å². The smallest absolute Gasteiger partial charge is 0.0163 e. The molecule has 0 aromatic rings. The van der Waals surface area contributed by atoms with Crippen molar-refractivity contribution in [1.29, 1.82) is 0 Å². The van der Waals surface area contributed by atoms with E-state index in [1.165, 1.54) is 5.01 Å². The highest BCUT2D eigenvalue weighted by Crippen LogP contribution is 2.01. The monoisotopic (exact) mass is 84.1 g/mol. The Kier molecular flexibility index (Phi) is 1.08. The average molecular weight is 84.1 g/mol. The first kappa shape index (κ1) is 4.09. The minimum absolute atomic E-state index is 0.875. The Hall–Kier alpha value is -0.0800. The summed E-state index contributed by atoms with van der Waals surface area (Å²) in [6.07, 6.45) is 2.33. The van der Waals surface area contributed by atoms with Crippen LogP contribution in [0.5, 0.6) is 0 Å². The summed E-state index contributed by atoms with van der Waals surface area (Å²) >= 11 is 0. The number of hydrogen-bond donors (Lipinski definition) is 0. The number of hydrogen-bond acceptors (Lipinski definition) is 1. The molecule has 0 spiro atoms. The van der Waals surface area contributed by atoms with Gasteiger partial charge in [0, 0.05) is 13.1 Å². The Labute approximate surface area is 37.9 Å². The molecule has 6 heavy (non-hydrogen) atoms. The first-order valence-electron chi connectivity index (χ1n) is 2.33. The van der Waals surface area contributed by atoms with Crippen molar-refractivity contribution in [3.8, 4) is 0 Å². The van der Waals surface area contributed by atoms with Crippen LogP contribution in [0.3, 0.4) is 0 Å². The molecule has 1 saturated heterocycles. The van der Waals surface area contributed by atoms with Crippen LogP contribution in [0.1, 0.15) is 12.8 Å². The van der Waals surface area contributed by atoms with Crippen molar-refractivity contribution >= 4 is 0 Å². The van der Waals surface area contributed by atoms with E-state index >= 15 is 0 Å². The molecule has 0 N–H and O–H groups in total. The van der Waals surface area contributed by atoms with Crippen molar-refractivity contribution in [1.82, 2.24) is 10.9 Å². The first-order chi connectivity index (χ1) is 2.89. The van der Waals surface area contributed by atoms with Gasteiger partial charge in [0.25, 0.3) is 0 Å². The lowest BCUT2D eigenvalue weighted by atomic mass is 10.4. The van der Waals surface area contributed by atoms with Gasteiger partial charge in [-0.15, -0.1) is 0 Å². The van der Waals surface area contributed by atoms with Crippen LogP contribution in [0, 0.1) is 0 Å². The molecule has 1 fully saturated rings. The molecule has 0 aromatic heterocycles. The molecule has 2 heteroatoms. The predicted octanol–water partition coefficient (Wildman–Crippen LogP) is 0.0659. The van der Waals surface area contributed by atoms with Crippen LogP contribution in [0.2, 0.25) is 0 Å². The summed E-state index contributed by atoms with van der Waals surface area (Å²) in [5.74, 6) is 8.56. The highest BCUT2D eigenvalue weighted by atomic mass is 15.4. The van der Waals surface area contributed by atoms with Crippen LogP contribution in [0.4, 0.5) is 0 Å². The summed E-state index contributed by atoms with van der Waals surface area (Å²) in [5.41, 5.74) is 0. The maximum Gasteiger partial charge on any atom is 0.0163 e. The Morgan fingerprint density at radius 2 is 1.67 bits per heavy atom. The zero-order valence-electron chi connectivity index (χ0n) is 3.72. The summed E-state index contributed by atoms with van der Waals surface area (Å²) in [7, 11) is 0. The average Bonchev–Trinajstić information content (AvgIpc) is 1.86. The van der Waals surface area contributed by atoms with E-state index in [1.54, 1.807) is 0 Å². The molecular weight excluding hydrogens is 76.1 g/mol. The van der Waals surface area contributed by atoms with E-state index in [-0.39, 0.29) is 0 Å². The number of nitrogens with zero attached hydrogens (tertiary/aromatic N) is 2. The van der Waals surface area contributed by atoms with E-state index < -0.39 is 0 Å². The van der Waals surface area contributed by atoms with Crippen molar-refractivity contribution in [2.45, 2.75) is 12.8 Å². The van der Waals surface area contributed by atoms with Crippen molar-refractivity contribution in [3.63, 3.8) is 0 Å². The Morgan fingerprint density at radius 3 is 1.83 bits per heavy atom. The van der Waals surface area contributed by atoms with Gasteiger partial charge in [-0.2, -0.15) is 0 Å². The second-order valence-corrected chi connectivity index (χ2v) is 1.66. The Bertz CT molecular complexity index is 38.8. The lowest BCUT2D eigenvalue weighted by Gasteiger charge is -1.96. The molecule has 0 atom stereocenters. The van der Waals surface area contributed by atoms with E-state index in [0.29, 0.717) is 0 Å². The van der Waals surface area contributed by atoms with Crippen LogP contribution in [0.25, 0.3) is 0 Å². The van der Waals surface area contributed by atoms with Crippen LogP contribution in [-0.4, -0.2) is 18.1 Å². The molecule has 1 heterocycles. The van der Waals surface area contributed by atoms with Gasteiger partial charge in [0.2, 0.25) is 0 Å². The summed E-state index contributed by atoms with van der Waals surface area (Å²) in [5, 5.41) is 1.36. The van der Waals surface area contributed by atoms with Gasteiger partial charge in [0.1, 0.15) is 0 Å². The topological polar surface area (TPSA) is 25.5 Å². The standard InChI is InChI=1S/C4H8N2/c5-6-3-1-2-4-6/h1-4H2. The molecule has 0 bridgehead atoms. The highest BCUT2D eigenvalue weighted by Gasteiger charge is 2.06. The minimum atomic E-state index is 0.875. The van der Waals surface area contributed by atoms with Crippen molar-refractivity contribution in [2.75, 3.05) is 13.1 Å². The molecule has 1 rings (SSSR count). The van der Waals surface area contributed by atoms with Gasteiger partial charge in [0.15, 0.2) is 0 Å². The van der Waals surface area contributed by atoms with Gasteiger partial charge in [-0.25, -0.2) is 5.01 Å². The summed E-state index contributed by atoms with van der Waals surface area (Å²) in [6, 6.07) is 0. The first-order valence-corrected chi connectivity index (χ1v) is 2.33. The van der Waals surface area contributed by atoms with E-state index in [1.807, 2.05) is 0 Å². The highest BCUT2D eigenvalue weighted by molar-refractivity contribution is 4.56. The minimum Gasteiger partial charge on any atom is -0.208 e. The fraction of sp³-hybridized carbons (Fsp3) is 1.00. The van der Waals surface area contributed by atoms with Crippen molar-refractivity contribution in [2.24, 2.45) is 0 Å². The zero-order chi connectivity index (χ0) is 4.41. The van der Waals surface area contributed by atoms with Crippen molar-refractivity contribution in [3.05, 3.63) is 0 Å². The normalized spacial score (nSPS) is 25.5. The molecule has 0 unspecified atom stereocenters. The largest absolute Gasteiger partial charge is 0.208 e. The quantitative estimate of drug-likeness (QED) is 0.407. The van der Waals surface area contributed by atoms with E-state index in [2.05, 4.69) is 0 Å². The molecule has 1 aliphatic heterocycles. The molecule has 2 nitrogen and oxygen atoms in total. The van der Waals surface area contributed by atoms with E-state index in [4.69, 9.17) is 5.84 Å². The predicted molar refractivity (Wildman–Crippen MR) is 22.9 cm³/mol. The second-order valence-electron chi connectivity index (χ2n) is 1.66. The molecule has 0 aromatic carbocycles. The van der Waals surface area contributed by atoms with E-state index in [9.17, 15) is 0 Å². The maximum atomic E-state index is 8.56. The SMILES string of the molecule is [N]N1CCCC1. The zero-order valence-corrected chi connectivity index (χ0v) is 3.72. The fourth-order valence-electron chi connectivity index (χ4n) is 0.700. The van der Waals surface area contributed by atoms with Gasteiger partial charge in [-0.05, 0) is 18.7 Å². The third-order valence-corrected chi connectivity index (χ3v) is 1.08. The van der Waals surface area contributed by atoms with Gasteiger partial charge >= 0.3 is 0 Å². The van der Waals surface area contributed by atoms with Gasteiger partial charge in [0.05, 0.1) is 0 Å². The van der Waals surface area contributed by atoms with Crippen LogP contribution in [-0.2, 0) is 0 Å². The molecule has 1 aliphatic rings. The molecular formula is C4H8N2. The van der Waals surface area contributed by atoms with Crippen LogP contribution in [0.15, 0.2) is 0 Å². The van der Waals surface area contributed by atoms with Gasteiger partial charge < -0.3 is 0 Å². The van der Waals surface area contributed by atoms with Crippen LogP contribution >= 0.6 is 0 Å². The lowest BCUT2D eigenvalue weighted by molar-refractivity contribution is 0.334. The van der Waals surface area contributed by atoms with E-state index in [0.717, 1.165) is 25.9 Å². The summed E-state index contributed by atoms with van der Waals surface area (Å²) in [4.78, 5) is 0. The maximum absolute atomic E-state index is 8.56. The fourth-order valence-corrected chi connectivity index (χ4v) is 0.700. The van der Waals surface area contributed by atoms with Gasteiger partial charge in [-0.1, -0.05) is 0 Å². The second kappa shape index (κ2) is 1.58. The summed E-state index contributed by atoms with van der Waals surface area (Å²) in [6.45, 7) is 1.75. The third-order valence-electron chi connectivity index (χ3n) is 1.08. The molecule has 2 radical (unpaired) electrons. The third kappa shape index (κ3) is 0.698. The Balaban J connectivity index is 2.18. The lowest BCUT2D eigenvalue weighted by Crippen LogP contribution is -2.14. The van der Waals surface area contributed by atoms with Crippen molar-refractivity contribution < 1.29 is 0 Å². The molecule has 34 valence electrons. The Morgan fingerprint density at radius 1 is 1.17 bits per heavy atom. The van der Waals surface area contributed by atoms with Crippen LogP contribution < -0.4 is 5.84 Å². The number of rotatable bonds is 0. The molecule has 0 aliphatic carbocycles. The molecule has 0 amide bonds. The molecule has 0 saturated carbocycles.